The lowest BCUT2D eigenvalue weighted by Gasteiger charge is -2.19. The monoisotopic (exact) mass is 375 g/mol. The summed E-state index contributed by atoms with van der Waals surface area (Å²) in [6.07, 6.45) is 2.38. The normalized spacial score (nSPS) is 11.4. The minimum atomic E-state index is -0.618. The van der Waals surface area contributed by atoms with Crippen molar-refractivity contribution in [2.24, 2.45) is 0 Å². The van der Waals surface area contributed by atoms with Crippen LogP contribution in [0.5, 0.6) is 5.75 Å². The Morgan fingerprint density at radius 3 is 2.65 bits per heavy atom. The number of anilines is 2. The molecule has 0 spiro atoms. The van der Waals surface area contributed by atoms with Crippen LogP contribution >= 0.6 is 11.6 Å². The van der Waals surface area contributed by atoms with Crippen molar-refractivity contribution in [2.45, 2.75) is 26.4 Å². The van der Waals surface area contributed by atoms with Gasteiger partial charge in [0.1, 0.15) is 28.6 Å². The molecule has 0 aliphatic carbocycles. The first-order valence-corrected chi connectivity index (χ1v) is 8.18. The topological polar surface area (TPSA) is 91.2 Å². The first kappa shape index (κ1) is 17.9. The lowest BCUT2D eigenvalue weighted by atomic mass is 10.2. The fourth-order valence-corrected chi connectivity index (χ4v) is 2.46. The molecule has 0 saturated heterocycles. The Kier molecular flexibility index (Phi) is 4.69. The van der Waals surface area contributed by atoms with Crippen molar-refractivity contribution in [1.29, 1.82) is 0 Å². The molecule has 0 atom stereocenters. The van der Waals surface area contributed by atoms with E-state index >= 15 is 0 Å². The number of fused-ring (bicyclic) bond motifs is 1. The second-order valence-electron chi connectivity index (χ2n) is 6.50. The van der Waals surface area contributed by atoms with Crippen molar-refractivity contribution < 1.29 is 14.3 Å². The van der Waals surface area contributed by atoms with Crippen LogP contribution in [0.1, 0.15) is 20.8 Å². The molecule has 0 fully saturated rings. The molecule has 1 N–H and O–H groups in total. The van der Waals surface area contributed by atoms with Gasteiger partial charge in [-0.3, -0.25) is 0 Å². The van der Waals surface area contributed by atoms with Crippen LogP contribution in [0, 0.1) is 0 Å². The molecular weight excluding hydrogens is 358 g/mol. The van der Waals surface area contributed by atoms with Gasteiger partial charge in [0.25, 0.3) is 0 Å². The Hall–Kier alpha value is -2.87. The minimum Gasteiger partial charge on any atom is -0.494 e. The maximum atomic E-state index is 12.3. The molecule has 0 aliphatic heterocycles. The fourth-order valence-electron chi connectivity index (χ4n) is 2.31. The third-order valence-corrected chi connectivity index (χ3v) is 3.56. The van der Waals surface area contributed by atoms with Gasteiger partial charge in [0, 0.05) is 17.5 Å². The zero-order valence-electron chi connectivity index (χ0n) is 14.8. The van der Waals surface area contributed by atoms with Crippen molar-refractivity contribution in [3.63, 3.8) is 0 Å². The highest BCUT2D eigenvalue weighted by molar-refractivity contribution is 6.29. The summed E-state index contributed by atoms with van der Waals surface area (Å²) in [6, 6.07) is 5.10. The van der Waals surface area contributed by atoms with E-state index < -0.39 is 11.7 Å². The Labute approximate surface area is 155 Å². The summed E-state index contributed by atoms with van der Waals surface area (Å²) in [7, 11) is 1.54. The van der Waals surface area contributed by atoms with E-state index in [1.54, 1.807) is 45.2 Å². The average Bonchev–Trinajstić information content (AvgIpc) is 2.95. The van der Waals surface area contributed by atoms with E-state index in [0.717, 1.165) is 5.39 Å². The van der Waals surface area contributed by atoms with Crippen molar-refractivity contribution >= 4 is 40.1 Å². The molecule has 3 rings (SSSR count). The van der Waals surface area contributed by atoms with Crippen LogP contribution in [0.2, 0.25) is 5.15 Å². The molecule has 0 unspecified atom stereocenters. The Morgan fingerprint density at radius 1 is 1.23 bits per heavy atom. The number of hydrogen-bond donors (Lipinski definition) is 1. The van der Waals surface area contributed by atoms with Gasteiger partial charge < -0.3 is 14.8 Å². The second kappa shape index (κ2) is 6.80. The van der Waals surface area contributed by atoms with E-state index in [0.29, 0.717) is 27.9 Å². The van der Waals surface area contributed by atoms with Crippen molar-refractivity contribution in [3.8, 4) is 5.75 Å². The highest BCUT2D eigenvalue weighted by atomic mass is 35.5. The van der Waals surface area contributed by atoms with E-state index in [-0.39, 0.29) is 0 Å². The predicted octanol–water partition coefficient (Wildman–Crippen LogP) is 4.02. The van der Waals surface area contributed by atoms with Gasteiger partial charge in [0.05, 0.1) is 24.5 Å². The Balaban J connectivity index is 1.99. The van der Waals surface area contributed by atoms with E-state index in [2.05, 4.69) is 20.4 Å². The van der Waals surface area contributed by atoms with Crippen LogP contribution in [-0.4, -0.2) is 38.6 Å². The third-order valence-electron chi connectivity index (χ3n) is 3.35. The lowest BCUT2D eigenvalue weighted by Crippen LogP contribution is -2.27. The van der Waals surface area contributed by atoms with Gasteiger partial charge >= 0.3 is 6.09 Å². The molecule has 0 aliphatic rings. The van der Waals surface area contributed by atoms with E-state index in [1.165, 1.54) is 18.1 Å². The van der Waals surface area contributed by atoms with Crippen LogP contribution in [0.15, 0.2) is 30.7 Å². The number of aromatic nitrogens is 4. The number of carbonyl (C=O) groups excluding carboxylic acids is 1. The summed E-state index contributed by atoms with van der Waals surface area (Å²) < 4.78 is 12.0. The molecule has 26 heavy (non-hydrogen) atoms. The quantitative estimate of drug-likeness (QED) is 0.691. The number of hydrogen-bond acceptors (Lipinski definition) is 7. The van der Waals surface area contributed by atoms with Gasteiger partial charge in [-0.25, -0.2) is 14.8 Å². The number of nitrogens with one attached hydrogen (secondary N) is 1. The summed E-state index contributed by atoms with van der Waals surface area (Å²) in [4.78, 5) is 20.3. The van der Waals surface area contributed by atoms with Gasteiger partial charge in [-0.1, -0.05) is 11.6 Å². The Morgan fingerprint density at radius 2 is 2.00 bits per heavy atom. The molecule has 8 nitrogen and oxygen atoms in total. The Bertz CT molecular complexity index is 965. The number of rotatable bonds is 3. The highest BCUT2D eigenvalue weighted by Gasteiger charge is 2.21. The molecule has 2 heterocycles. The van der Waals surface area contributed by atoms with Gasteiger partial charge in [-0.2, -0.15) is 9.78 Å². The van der Waals surface area contributed by atoms with E-state index in [1.807, 2.05) is 0 Å². The van der Waals surface area contributed by atoms with Gasteiger partial charge in [-0.05, 0) is 26.8 Å². The smallest absolute Gasteiger partial charge is 0.435 e. The van der Waals surface area contributed by atoms with Crippen LogP contribution in [0.25, 0.3) is 10.9 Å². The maximum Gasteiger partial charge on any atom is 0.435 e. The van der Waals surface area contributed by atoms with Crippen LogP contribution < -0.4 is 10.1 Å². The summed E-state index contributed by atoms with van der Waals surface area (Å²) in [6.45, 7) is 5.39. The lowest BCUT2D eigenvalue weighted by molar-refractivity contribution is 0.0522. The van der Waals surface area contributed by atoms with Crippen LogP contribution in [-0.2, 0) is 4.74 Å². The molecule has 3 aromatic rings. The summed E-state index contributed by atoms with van der Waals surface area (Å²) in [5.41, 5.74) is 0.605. The summed E-state index contributed by atoms with van der Waals surface area (Å²) in [5.74, 6) is 1.03. The van der Waals surface area contributed by atoms with Crippen molar-refractivity contribution in [3.05, 3.63) is 35.9 Å². The molecule has 0 radical (unpaired) electrons. The zero-order valence-corrected chi connectivity index (χ0v) is 15.5. The largest absolute Gasteiger partial charge is 0.494 e. The molecule has 0 saturated carbocycles. The summed E-state index contributed by atoms with van der Waals surface area (Å²) >= 11 is 5.88. The number of benzene rings is 1. The molecule has 136 valence electrons. The van der Waals surface area contributed by atoms with E-state index in [4.69, 9.17) is 21.1 Å². The molecule has 1 aromatic carbocycles. The number of carbonyl (C=O) groups is 1. The number of halogens is 1. The third kappa shape index (κ3) is 3.85. The first-order chi connectivity index (χ1) is 12.3. The highest BCUT2D eigenvalue weighted by Crippen LogP contribution is 2.32. The SMILES string of the molecule is COc1cc2c(cnn2C(=O)OC(C)(C)C)cc1Nc1cc(Cl)ncn1. The molecular formula is C17H18ClN5O3. The average molecular weight is 376 g/mol. The number of ether oxygens (including phenoxy) is 2. The van der Waals surface area contributed by atoms with E-state index in [9.17, 15) is 4.79 Å². The number of nitrogens with zero attached hydrogens (tertiary/aromatic N) is 4. The number of methoxy groups -OCH3 is 1. The molecule has 0 bridgehead atoms. The first-order valence-electron chi connectivity index (χ1n) is 7.80. The van der Waals surface area contributed by atoms with Crippen LogP contribution in [0.4, 0.5) is 16.3 Å². The fraction of sp³-hybridized carbons (Fsp3) is 0.294. The van der Waals surface area contributed by atoms with Crippen LogP contribution in [0.3, 0.4) is 0 Å². The van der Waals surface area contributed by atoms with Gasteiger partial charge in [-0.15, -0.1) is 0 Å². The van der Waals surface area contributed by atoms with Gasteiger partial charge in [0.2, 0.25) is 0 Å². The van der Waals surface area contributed by atoms with Crippen molar-refractivity contribution in [1.82, 2.24) is 19.7 Å². The zero-order chi connectivity index (χ0) is 18.9. The maximum absolute atomic E-state index is 12.3. The molecule has 0 amide bonds. The molecule has 2 aromatic heterocycles. The minimum absolute atomic E-state index is 0.320. The summed E-state index contributed by atoms with van der Waals surface area (Å²) in [5, 5.41) is 8.30. The van der Waals surface area contributed by atoms with Crippen molar-refractivity contribution in [2.75, 3.05) is 12.4 Å². The predicted molar refractivity (Wildman–Crippen MR) is 98.2 cm³/mol. The molecule has 9 heteroatoms. The van der Waals surface area contributed by atoms with Gasteiger partial charge in [0.15, 0.2) is 0 Å². The standard InChI is InChI=1S/C17H18ClN5O3/c1-17(2,3)26-16(24)23-12-6-13(25-4)11(5-10(12)8-21-23)22-15-7-14(18)19-9-20-15/h5-9H,1-4H3,(H,19,20,22). The second-order valence-corrected chi connectivity index (χ2v) is 6.89.